The molecule has 0 radical (unpaired) electrons. The van der Waals surface area contributed by atoms with E-state index in [2.05, 4.69) is 0 Å². The third kappa shape index (κ3) is 4.53. The van der Waals surface area contributed by atoms with Gasteiger partial charge in [0.05, 0.1) is 37.8 Å². The van der Waals surface area contributed by atoms with E-state index in [0.717, 1.165) is 17.5 Å². The molecule has 0 aliphatic carbocycles. The Hall–Kier alpha value is -4.26. The molecule has 1 aliphatic heterocycles. The molecule has 37 heavy (non-hydrogen) atoms. The highest BCUT2D eigenvalue weighted by Gasteiger charge is 2.42. The van der Waals surface area contributed by atoms with Crippen LogP contribution in [0, 0.1) is 0 Å². The molecule has 0 bridgehead atoms. The van der Waals surface area contributed by atoms with Gasteiger partial charge in [-0.2, -0.15) is 0 Å². The van der Waals surface area contributed by atoms with Crippen molar-refractivity contribution in [1.29, 1.82) is 0 Å². The van der Waals surface area contributed by atoms with Gasteiger partial charge in [0.15, 0.2) is 16.9 Å². The Morgan fingerprint density at radius 3 is 2.51 bits per heavy atom. The van der Waals surface area contributed by atoms with Gasteiger partial charge in [0.1, 0.15) is 11.3 Å². The maximum Gasteiger partial charge on any atom is 0.290 e. The van der Waals surface area contributed by atoms with Crippen LogP contribution in [0.4, 0.5) is 0 Å². The van der Waals surface area contributed by atoms with Gasteiger partial charge in [-0.05, 0) is 60.4 Å². The Kier molecular flexibility index (Phi) is 6.86. The Labute approximate surface area is 215 Å². The van der Waals surface area contributed by atoms with E-state index in [1.807, 2.05) is 49.4 Å². The summed E-state index contributed by atoms with van der Waals surface area (Å²) in [6.45, 7) is 3.00. The van der Waals surface area contributed by atoms with Gasteiger partial charge in [-0.1, -0.05) is 37.3 Å². The molecule has 0 fully saturated rings. The number of para-hydroxylation sites is 1. The second-order valence-electron chi connectivity index (χ2n) is 8.93. The molecule has 7 heteroatoms. The summed E-state index contributed by atoms with van der Waals surface area (Å²) in [5, 5.41) is 0.458. The van der Waals surface area contributed by atoms with Crippen molar-refractivity contribution in [2.24, 2.45) is 0 Å². The second-order valence-corrected chi connectivity index (χ2v) is 8.93. The quantitative estimate of drug-likeness (QED) is 0.307. The number of nitrogens with zero attached hydrogens (tertiary/aromatic N) is 1. The van der Waals surface area contributed by atoms with E-state index in [1.54, 1.807) is 43.4 Å². The maximum atomic E-state index is 13.7. The lowest BCUT2D eigenvalue weighted by Crippen LogP contribution is -2.31. The third-order valence-corrected chi connectivity index (χ3v) is 6.61. The molecule has 3 aromatic carbocycles. The van der Waals surface area contributed by atoms with Crippen LogP contribution >= 0.6 is 0 Å². The molecule has 1 atom stereocenters. The fraction of sp³-hybridized carbons (Fsp3) is 0.267. The molecule has 0 saturated carbocycles. The zero-order chi connectivity index (χ0) is 25.9. The third-order valence-electron chi connectivity index (χ3n) is 6.61. The fourth-order valence-electron chi connectivity index (χ4n) is 4.82. The smallest absolute Gasteiger partial charge is 0.290 e. The number of rotatable bonds is 9. The molecular weight excluding hydrogens is 470 g/mol. The van der Waals surface area contributed by atoms with Gasteiger partial charge < -0.3 is 23.5 Å². The second kappa shape index (κ2) is 10.4. The van der Waals surface area contributed by atoms with Crippen molar-refractivity contribution in [3.63, 3.8) is 0 Å². The van der Waals surface area contributed by atoms with Crippen molar-refractivity contribution in [1.82, 2.24) is 4.90 Å². The van der Waals surface area contributed by atoms with Crippen molar-refractivity contribution in [2.45, 2.75) is 25.8 Å². The minimum absolute atomic E-state index is 0.0980. The van der Waals surface area contributed by atoms with Gasteiger partial charge >= 0.3 is 0 Å². The highest BCUT2D eigenvalue weighted by Crippen LogP contribution is 2.39. The van der Waals surface area contributed by atoms with Crippen molar-refractivity contribution >= 4 is 16.9 Å². The standard InChI is InChI=1S/C30H29NO6/c1-4-16-36-21-9-7-8-20(18-21)27-26-28(32)22-10-5-6-11-23(22)37-29(26)30(33)31(27)15-14-19-12-13-24(34-2)25(17-19)35-3/h5-13,17-18,27H,4,14-16H2,1-3H3. The zero-order valence-electron chi connectivity index (χ0n) is 21.2. The lowest BCUT2D eigenvalue weighted by Gasteiger charge is -2.25. The van der Waals surface area contributed by atoms with Gasteiger partial charge in [0.2, 0.25) is 5.76 Å². The number of ether oxygens (including phenoxy) is 3. The molecule has 4 aromatic rings. The summed E-state index contributed by atoms with van der Waals surface area (Å²) in [4.78, 5) is 29.1. The minimum atomic E-state index is -0.589. The molecule has 0 N–H and O–H groups in total. The Morgan fingerprint density at radius 1 is 0.919 bits per heavy atom. The Morgan fingerprint density at radius 2 is 1.73 bits per heavy atom. The number of carbonyl (C=O) groups is 1. The summed E-state index contributed by atoms with van der Waals surface area (Å²) in [7, 11) is 3.18. The van der Waals surface area contributed by atoms with Gasteiger partial charge in [0, 0.05) is 6.54 Å². The van der Waals surface area contributed by atoms with Crippen LogP contribution < -0.4 is 19.6 Å². The lowest BCUT2D eigenvalue weighted by molar-refractivity contribution is 0.0729. The molecule has 1 aliphatic rings. The summed E-state index contributed by atoms with van der Waals surface area (Å²) < 4.78 is 22.7. The van der Waals surface area contributed by atoms with E-state index in [4.69, 9.17) is 18.6 Å². The summed E-state index contributed by atoms with van der Waals surface area (Å²) in [6.07, 6.45) is 1.43. The van der Waals surface area contributed by atoms with Crippen LogP contribution in [0.1, 0.15) is 46.6 Å². The summed E-state index contributed by atoms with van der Waals surface area (Å²) in [5.41, 5.74) is 2.35. The van der Waals surface area contributed by atoms with Crippen LogP contribution in [0.25, 0.3) is 11.0 Å². The number of carbonyl (C=O) groups excluding carboxylic acids is 1. The number of fused-ring (bicyclic) bond motifs is 2. The summed E-state index contributed by atoms with van der Waals surface area (Å²) in [6, 6.07) is 19.7. The Bertz CT molecular complexity index is 1510. The first kappa shape index (κ1) is 24.4. The van der Waals surface area contributed by atoms with Crippen molar-refractivity contribution < 1.29 is 23.4 Å². The van der Waals surface area contributed by atoms with Crippen LogP contribution in [-0.2, 0) is 6.42 Å². The van der Waals surface area contributed by atoms with E-state index in [9.17, 15) is 9.59 Å². The first-order chi connectivity index (χ1) is 18.0. The highest BCUT2D eigenvalue weighted by atomic mass is 16.5. The van der Waals surface area contributed by atoms with Crippen LogP contribution in [0.5, 0.6) is 17.2 Å². The normalized spacial score (nSPS) is 14.6. The monoisotopic (exact) mass is 499 g/mol. The number of amides is 1. The minimum Gasteiger partial charge on any atom is -0.494 e. The summed E-state index contributed by atoms with van der Waals surface area (Å²) >= 11 is 0. The fourth-order valence-corrected chi connectivity index (χ4v) is 4.82. The number of hydrogen-bond acceptors (Lipinski definition) is 6. The topological polar surface area (TPSA) is 78.2 Å². The Balaban J connectivity index is 1.57. The number of methoxy groups -OCH3 is 2. The van der Waals surface area contributed by atoms with Crippen LogP contribution in [0.15, 0.2) is 75.9 Å². The van der Waals surface area contributed by atoms with E-state index in [1.165, 1.54) is 0 Å². The molecule has 1 unspecified atom stereocenters. The predicted octanol–water partition coefficient (Wildman–Crippen LogP) is 5.39. The van der Waals surface area contributed by atoms with E-state index in [-0.39, 0.29) is 17.1 Å². The summed E-state index contributed by atoms with van der Waals surface area (Å²) in [5.74, 6) is 1.75. The van der Waals surface area contributed by atoms with Crippen LogP contribution in [0.3, 0.4) is 0 Å². The molecule has 5 rings (SSSR count). The SMILES string of the molecule is CCCOc1cccc(C2c3c(oc4ccccc4c3=O)C(=O)N2CCc2ccc(OC)c(OC)c2)c1. The first-order valence-corrected chi connectivity index (χ1v) is 12.4. The zero-order valence-corrected chi connectivity index (χ0v) is 21.2. The van der Waals surface area contributed by atoms with E-state index in [0.29, 0.717) is 53.4 Å². The average Bonchev–Trinajstić information content (AvgIpc) is 3.22. The predicted molar refractivity (Wildman–Crippen MR) is 141 cm³/mol. The van der Waals surface area contributed by atoms with Crippen LogP contribution in [-0.4, -0.2) is 38.2 Å². The molecular formula is C30H29NO6. The maximum absolute atomic E-state index is 13.7. The average molecular weight is 500 g/mol. The van der Waals surface area contributed by atoms with E-state index >= 15 is 0 Å². The lowest BCUT2D eigenvalue weighted by atomic mass is 9.98. The molecule has 1 aromatic heterocycles. The van der Waals surface area contributed by atoms with Gasteiger partial charge in [-0.25, -0.2) is 0 Å². The molecule has 0 spiro atoms. The van der Waals surface area contributed by atoms with E-state index < -0.39 is 6.04 Å². The van der Waals surface area contributed by atoms with Crippen molar-refractivity contribution in [3.8, 4) is 17.2 Å². The highest BCUT2D eigenvalue weighted by molar-refractivity contribution is 5.99. The van der Waals surface area contributed by atoms with Gasteiger partial charge in [-0.3, -0.25) is 9.59 Å². The van der Waals surface area contributed by atoms with Crippen molar-refractivity contribution in [3.05, 3.63) is 99.4 Å². The molecule has 7 nitrogen and oxygen atoms in total. The number of benzene rings is 3. The number of hydrogen-bond donors (Lipinski definition) is 0. The van der Waals surface area contributed by atoms with Crippen LogP contribution in [0.2, 0.25) is 0 Å². The van der Waals surface area contributed by atoms with Crippen molar-refractivity contribution in [2.75, 3.05) is 27.4 Å². The molecule has 1 amide bonds. The molecule has 190 valence electrons. The first-order valence-electron chi connectivity index (χ1n) is 12.4. The van der Waals surface area contributed by atoms with Gasteiger partial charge in [0.25, 0.3) is 5.91 Å². The molecule has 0 saturated heterocycles. The van der Waals surface area contributed by atoms with Gasteiger partial charge in [-0.15, -0.1) is 0 Å². The largest absolute Gasteiger partial charge is 0.494 e. The molecule has 2 heterocycles.